The molecule has 3 aromatic rings. The molecule has 0 aliphatic carbocycles. The van der Waals surface area contributed by atoms with Crippen LogP contribution < -0.4 is 15.7 Å². The molecule has 136 valence electrons. The fourth-order valence-electron chi connectivity index (χ4n) is 2.53. The van der Waals surface area contributed by atoms with E-state index >= 15 is 0 Å². The van der Waals surface area contributed by atoms with Crippen molar-refractivity contribution in [2.75, 3.05) is 10.6 Å². The number of hydrogen-bond donors (Lipinski definition) is 2. The average molecular weight is 363 g/mol. The van der Waals surface area contributed by atoms with Gasteiger partial charge in [0, 0.05) is 22.5 Å². The lowest BCUT2D eigenvalue weighted by Crippen LogP contribution is -2.24. The second kappa shape index (κ2) is 7.57. The van der Waals surface area contributed by atoms with Gasteiger partial charge in [-0.25, -0.2) is 0 Å². The van der Waals surface area contributed by atoms with Gasteiger partial charge in [-0.1, -0.05) is 18.2 Å². The van der Waals surface area contributed by atoms with Crippen LogP contribution >= 0.6 is 0 Å². The zero-order valence-corrected chi connectivity index (χ0v) is 14.3. The van der Waals surface area contributed by atoms with E-state index in [-0.39, 0.29) is 11.3 Å². The number of amides is 2. The Hall–Kier alpha value is -3.87. The minimum absolute atomic E-state index is 0.00672. The lowest BCUT2D eigenvalue weighted by molar-refractivity contribution is -0.255. The van der Waals surface area contributed by atoms with Crippen LogP contribution in [0.3, 0.4) is 0 Å². The van der Waals surface area contributed by atoms with Crippen LogP contribution in [-0.2, 0) is 0 Å². The number of carbonyl (C=O) groups excluding carboxylic acids is 3. The van der Waals surface area contributed by atoms with E-state index in [1.165, 1.54) is 30.5 Å². The van der Waals surface area contributed by atoms with Gasteiger partial charge in [0.1, 0.15) is 0 Å². The second-order valence-electron chi connectivity index (χ2n) is 5.73. The van der Waals surface area contributed by atoms with Crippen molar-refractivity contribution in [1.82, 2.24) is 0 Å². The molecule has 3 rings (SSSR count). The number of rotatable bonds is 5. The van der Waals surface area contributed by atoms with Crippen LogP contribution in [0.2, 0.25) is 0 Å². The Morgan fingerprint density at radius 2 is 1.70 bits per heavy atom. The summed E-state index contributed by atoms with van der Waals surface area (Å²) >= 11 is 0. The molecule has 0 radical (unpaired) electrons. The third-order valence-electron chi connectivity index (χ3n) is 3.93. The largest absolute Gasteiger partial charge is 0.545 e. The van der Waals surface area contributed by atoms with E-state index in [2.05, 4.69) is 10.6 Å². The topological polar surface area (TPSA) is 111 Å². The van der Waals surface area contributed by atoms with E-state index < -0.39 is 17.8 Å². The van der Waals surface area contributed by atoms with Crippen molar-refractivity contribution in [2.24, 2.45) is 0 Å². The van der Waals surface area contributed by atoms with Crippen molar-refractivity contribution < 1.29 is 23.9 Å². The van der Waals surface area contributed by atoms with Crippen LogP contribution in [0.1, 0.15) is 36.8 Å². The summed E-state index contributed by atoms with van der Waals surface area (Å²) < 4.78 is 5.02. The molecule has 27 heavy (non-hydrogen) atoms. The van der Waals surface area contributed by atoms with Gasteiger partial charge in [-0.05, 0) is 48.9 Å². The Kier molecular flexibility index (Phi) is 5.03. The lowest BCUT2D eigenvalue weighted by Gasteiger charge is -2.13. The molecule has 2 aromatic carbocycles. The molecule has 1 heterocycles. The second-order valence-corrected chi connectivity index (χ2v) is 5.73. The predicted octanol–water partition coefficient (Wildman–Crippen LogP) is 2.46. The van der Waals surface area contributed by atoms with Gasteiger partial charge in [0.05, 0.1) is 12.2 Å². The minimum Gasteiger partial charge on any atom is -0.545 e. The molecule has 2 N–H and O–H groups in total. The van der Waals surface area contributed by atoms with Crippen molar-refractivity contribution in [2.45, 2.75) is 6.92 Å². The van der Waals surface area contributed by atoms with Crippen LogP contribution in [-0.4, -0.2) is 17.8 Å². The maximum atomic E-state index is 12.5. The monoisotopic (exact) mass is 363 g/mol. The first kappa shape index (κ1) is 17.9. The highest BCUT2D eigenvalue weighted by Gasteiger charge is 2.13. The van der Waals surface area contributed by atoms with Gasteiger partial charge in [0.15, 0.2) is 5.76 Å². The maximum absolute atomic E-state index is 12.5. The zero-order valence-electron chi connectivity index (χ0n) is 14.3. The molecule has 7 nitrogen and oxygen atoms in total. The Morgan fingerprint density at radius 3 is 2.41 bits per heavy atom. The van der Waals surface area contributed by atoms with E-state index in [9.17, 15) is 19.5 Å². The first-order chi connectivity index (χ1) is 13.0. The quantitative estimate of drug-likeness (QED) is 0.723. The Balaban J connectivity index is 1.77. The third kappa shape index (κ3) is 4.04. The number of carboxylic acid groups (broad SMARTS) is 1. The number of nitrogens with one attached hydrogen (secondary N) is 2. The SMILES string of the molecule is Cc1c(NC(=O)c2cccc(NC(=O)c3ccco3)c2)cccc1C(=O)[O-]. The van der Waals surface area contributed by atoms with Gasteiger partial charge < -0.3 is 25.0 Å². The van der Waals surface area contributed by atoms with Crippen LogP contribution in [0.5, 0.6) is 0 Å². The highest BCUT2D eigenvalue weighted by Crippen LogP contribution is 2.20. The molecule has 0 bridgehead atoms. The van der Waals surface area contributed by atoms with E-state index in [4.69, 9.17) is 4.42 Å². The molecular weight excluding hydrogens is 348 g/mol. The number of benzene rings is 2. The number of furan rings is 1. The van der Waals surface area contributed by atoms with Crippen LogP contribution in [0.15, 0.2) is 65.3 Å². The van der Waals surface area contributed by atoms with Crippen molar-refractivity contribution in [3.63, 3.8) is 0 Å². The van der Waals surface area contributed by atoms with Gasteiger partial charge in [0.25, 0.3) is 11.8 Å². The number of carbonyl (C=O) groups is 3. The minimum atomic E-state index is -1.31. The molecule has 0 spiro atoms. The van der Waals surface area contributed by atoms with E-state index in [0.717, 1.165) is 0 Å². The molecule has 0 atom stereocenters. The fourth-order valence-corrected chi connectivity index (χ4v) is 2.53. The summed E-state index contributed by atoms with van der Waals surface area (Å²) in [5.74, 6) is -2.04. The summed E-state index contributed by atoms with van der Waals surface area (Å²) in [7, 11) is 0. The highest BCUT2D eigenvalue weighted by molar-refractivity contribution is 6.07. The first-order valence-corrected chi connectivity index (χ1v) is 8.03. The summed E-state index contributed by atoms with van der Waals surface area (Å²) in [6.07, 6.45) is 1.39. The summed E-state index contributed by atoms with van der Waals surface area (Å²) in [6, 6.07) is 14.0. The zero-order chi connectivity index (χ0) is 19.4. The molecule has 0 aliphatic rings. The third-order valence-corrected chi connectivity index (χ3v) is 3.93. The molecule has 0 aliphatic heterocycles. The molecular formula is C20H15N2O5-. The van der Waals surface area contributed by atoms with E-state index in [0.29, 0.717) is 22.5 Å². The Labute approximate surface area is 154 Å². The van der Waals surface area contributed by atoms with E-state index in [1.807, 2.05) is 0 Å². The normalized spacial score (nSPS) is 10.3. The van der Waals surface area contributed by atoms with Crippen LogP contribution in [0, 0.1) is 6.92 Å². The van der Waals surface area contributed by atoms with Gasteiger partial charge in [-0.3, -0.25) is 9.59 Å². The lowest BCUT2D eigenvalue weighted by atomic mass is 10.1. The highest BCUT2D eigenvalue weighted by atomic mass is 16.4. The van der Waals surface area contributed by atoms with Crippen molar-refractivity contribution in [3.8, 4) is 0 Å². The summed E-state index contributed by atoms with van der Waals surface area (Å²) in [6.45, 7) is 1.58. The van der Waals surface area contributed by atoms with Gasteiger partial charge >= 0.3 is 0 Å². The molecule has 1 aromatic heterocycles. The molecule has 2 amide bonds. The molecule has 0 saturated heterocycles. The van der Waals surface area contributed by atoms with Gasteiger partial charge in [-0.15, -0.1) is 0 Å². The van der Waals surface area contributed by atoms with Gasteiger partial charge in [-0.2, -0.15) is 0 Å². The van der Waals surface area contributed by atoms with Gasteiger partial charge in [0.2, 0.25) is 0 Å². The smallest absolute Gasteiger partial charge is 0.291 e. The molecule has 7 heteroatoms. The van der Waals surface area contributed by atoms with Crippen LogP contribution in [0.4, 0.5) is 11.4 Å². The average Bonchev–Trinajstić information content (AvgIpc) is 3.18. The van der Waals surface area contributed by atoms with E-state index in [1.54, 1.807) is 37.3 Å². The summed E-state index contributed by atoms with van der Waals surface area (Å²) in [5.41, 5.74) is 1.49. The molecule has 0 fully saturated rings. The van der Waals surface area contributed by atoms with Crippen molar-refractivity contribution in [3.05, 3.63) is 83.3 Å². The maximum Gasteiger partial charge on any atom is 0.291 e. The Bertz CT molecular complexity index is 1010. The first-order valence-electron chi connectivity index (χ1n) is 8.03. The van der Waals surface area contributed by atoms with Crippen LogP contribution in [0.25, 0.3) is 0 Å². The number of anilines is 2. The van der Waals surface area contributed by atoms with Crippen molar-refractivity contribution in [1.29, 1.82) is 0 Å². The molecule has 0 unspecified atom stereocenters. The fraction of sp³-hybridized carbons (Fsp3) is 0.0500. The predicted molar refractivity (Wildman–Crippen MR) is 96.6 cm³/mol. The standard InChI is InChI=1S/C20H16N2O5/c1-12-15(20(25)26)7-3-8-16(12)22-18(23)13-5-2-6-14(11-13)21-19(24)17-9-4-10-27-17/h2-11H,1H3,(H,21,24)(H,22,23)(H,25,26)/p-1. The Morgan fingerprint density at radius 1 is 0.926 bits per heavy atom. The van der Waals surface area contributed by atoms with Crippen molar-refractivity contribution >= 4 is 29.2 Å². The molecule has 0 saturated carbocycles. The summed E-state index contributed by atoms with van der Waals surface area (Å²) in [4.78, 5) is 35.6. The number of carboxylic acids is 1. The summed E-state index contributed by atoms with van der Waals surface area (Å²) in [5, 5.41) is 16.4. The number of hydrogen-bond acceptors (Lipinski definition) is 5. The number of aromatic carboxylic acids is 1.